The number of hydrogen-bond donors (Lipinski definition) is 1. The van der Waals surface area contributed by atoms with E-state index in [4.69, 9.17) is 35.7 Å². The van der Waals surface area contributed by atoms with Crippen LogP contribution in [0.1, 0.15) is 52.7 Å². The fourth-order valence-corrected chi connectivity index (χ4v) is 5.25. The lowest BCUT2D eigenvalue weighted by Gasteiger charge is -2.36. The molecule has 0 radical (unpaired) electrons. The summed E-state index contributed by atoms with van der Waals surface area (Å²) in [5.74, 6) is 0. The van der Waals surface area contributed by atoms with Gasteiger partial charge in [0.05, 0.1) is 46.2 Å². The number of methoxy groups -OCH3 is 1. The van der Waals surface area contributed by atoms with Gasteiger partial charge in [0.1, 0.15) is 0 Å². The summed E-state index contributed by atoms with van der Waals surface area (Å²) < 4.78 is 29.3. The van der Waals surface area contributed by atoms with Crippen LogP contribution in [0.2, 0.25) is 37.3 Å². The molecule has 1 aromatic rings. The molecular formula is C29H57NO5SSi2. The zero-order chi connectivity index (χ0) is 29.0. The van der Waals surface area contributed by atoms with Crippen molar-refractivity contribution in [2.75, 3.05) is 58.1 Å². The first-order chi connectivity index (χ1) is 17.5. The van der Waals surface area contributed by atoms with Crippen LogP contribution >= 0.6 is 12.6 Å². The fourth-order valence-electron chi connectivity index (χ4n) is 3.36. The van der Waals surface area contributed by atoms with Crippen LogP contribution in [0.15, 0.2) is 18.2 Å². The average molecular weight is 588 g/mol. The normalized spacial score (nSPS) is 13.3. The molecule has 0 aliphatic rings. The smallest absolute Gasteiger partial charge is 0.192 e. The van der Waals surface area contributed by atoms with E-state index in [0.717, 1.165) is 24.8 Å². The first kappa shape index (κ1) is 35.6. The summed E-state index contributed by atoms with van der Waals surface area (Å²) in [6.45, 7) is 28.3. The molecule has 0 heterocycles. The summed E-state index contributed by atoms with van der Waals surface area (Å²) in [6, 6.07) is 7.89. The number of hydrogen-bond acceptors (Lipinski definition) is 7. The van der Waals surface area contributed by atoms with Crippen LogP contribution < -0.4 is 4.90 Å². The van der Waals surface area contributed by atoms with Crippen LogP contribution in [0.5, 0.6) is 0 Å². The van der Waals surface area contributed by atoms with E-state index in [0.29, 0.717) is 46.2 Å². The lowest BCUT2D eigenvalue weighted by molar-refractivity contribution is 0.0264. The third-order valence-electron chi connectivity index (χ3n) is 7.18. The first-order valence-corrected chi connectivity index (χ1v) is 20.5. The molecule has 0 unspecified atom stereocenters. The van der Waals surface area contributed by atoms with Crippen molar-refractivity contribution in [3.63, 3.8) is 0 Å². The van der Waals surface area contributed by atoms with Crippen LogP contribution in [0.4, 0.5) is 5.69 Å². The van der Waals surface area contributed by atoms with Gasteiger partial charge < -0.3 is 28.0 Å². The van der Waals surface area contributed by atoms with Crippen LogP contribution in [0.3, 0.4) is 0 Å². The Morgan fingerprint density at radius 2 is 1.32 bits per heavy atom. The van der Waals surface area contributed by atoms with E-state index in [1.165, 1.54) is 11.1 Å². The highest BCUT2D eigenvalue weighted by atomic mass is 32.1. The number of anilines is 1. The van der Waals surface area contributed by atoms with Crippen molar-refractivity contribution in [1.29, 1.82) is 0 Å². The van der Waals surface area contributed by atoms with Crippen LogP contribution in [0, 0.1) is 0 Å². The Morgan fingerprint density at radius 1 is 0.789 bits per heavy atom. The highest BCUT2D eigenvalue weighted by Gasteiger charge is 2.37. The monoisotopic (exact) mass is 587 g/mol. The second kappa shape index (κ2) is 16.1. The second-order valence-electron chi connectivity index (χ2n) is 12.9. The molecule has 6 nitrogen and oxygen atoms in total. The predicted molar refractivity (Wildman–Crippen MR) is 170 cm³/mol. The first-order valence-electron chi connectivity index (χ1n) is 14.0. The maximum atomic E-state index is 6.62. The quantitative estimate of drug-likeness (QED) is 0.105. The molecule has 38 heavy (non-hydrogen) atoms. The van der Waals surface area contributed by atoms with Crippen LogP contribution in [-0.4, -0.2) is 74.6 Å². The summed E-state index contributed by atoms with van der Waals surface area (Å²) >= 11 is 4.86. The highest BCUT2D eigenvalue weighted by molar-refractivity contribution is 7.81. The number of benzene rings is 1. The van der Waals surface area contributed by atoms with E-state index in [1.54, 1.807) is 7.11 Å². The molecule has 0 bridgehead atoms. The lowest BCUT2D eigenvalue weighted by Crippen LogP contribution is -2.40. The van der Waals surface area contributed by atoms with E-state index in [-0.39, 0.29) is 9.79 Å². The van der Waals surface area contributed by atoms with Crippen molar-refractivity contribution in [2.45, 2.75) is 96.8 Å². The zero-order valence-corrected chi connectivity index (χ0v) is 29.1. The van der Waals surface area contributed by atoms with Gasteiger partial charge in [0.25, 0.3) is 0 Å². The molecular weight excluding hydrogens is 531 g/mol. The van der Waals surface area contributed by atoms with Gasteiger partial charge in [0.15, 0.2) is 16.6 Å². The molecule has 0 spiro atoms. The summed E-state index contributed by atoms with van der Waals surface area (Å²) in [6.07, 6.45) is 0. The molecule has 0 fully saturated rings. The minimum absolute atomic E-state index is 0.162. The Bertz CT molecular complexity index is 809. The maximum absolute atomic E-state index is 6.62. The molecule has 0 aromatic heterocycles. The Kier molecular flexibility index (Phi) is 15.1. The standard InChI is InChI=1S/C29H57NO5SSi2/c1-12-37(8,9)34-22-25-19-26(23-35-38(10,11)28(2,3)4)21-27(20-25)30(24-29(5,6)36)13-14-32-17-18-33-16-15-31-7/h19-21,36H,12-18,22-24H2,1-11H3. The molecule has 0 atom stereocenters. The Hall–Kier alpha value is -0.396. The summed E-state index contributed by atoms with van der Waals surface area (Å²) in [7, 11) is -1.86. The van der Waals surface area contributed by atoms with Crippen molar-refractivity contribution in [1.82, 2.24) is 0 Å². The van der Waals surface area contributed by atoms with Crippen LogP contribution in [-0.2, 0) is 36.3 Å². The number of thiol groups is 1. The zero-order valence-electron chi connectivity index (χ0n) is 26.2. The third kappa shape index (κ3) is 14.3. The largest absolute Gasteiger partial charge is 0.413 e. The van der Waals surface area contributed by atoms with E-state index < -0.39 is 16.6 Å². The van der Waals surface area contributed by atoms with E-state index in [1.807, 2.05) is 0 Å². The van der Waals surface area contributed by atoms with Gasteiger partial charge >= 0.3 is 0 Å². The van der Waals surface area contributed by atoms with Crippen LogP contribution in [0.25, 0.3) is 0 Å². The van der Waals surface area contributed by atoms with Crippen molar-refractivity contribution >= 4 is 35.0 Å². The van der Waals surface area contributed by atoms with Gasteiger partial charge in [-0.05, 0) is 74.4 Å². The Morgan fingerprint density at radius 3 is 1.82 bits per heavy atom. The maximum Gasteiger partial charge on any atom is 0.192 e. The van der Waals surface area contributed by atoms with Gasteiger partial charge in [-0.3, -0.25) is 0 Å². The molecule has 1 rings (SSSR count). The highest BCUT2D eigenvalue weighted by Crippen LogP contribution is 2.37. The minimum atomic E-state index is -1.87. The van der Waals surface area contributed by atoms with Gasteiger partial charge in [0, 0.05) is 30.6 Å². The summed E-state index contributed by atoms with van der Waals surface area (Å²) in [5, 5.41) is 0.167. The third-order valence-corrected chi connectivity index (χ3v) is 14.4. The summed E-state index contributed by atoms with van der Waals surface area (Å²) in [5.41, 5.74) is 3.55. The molecule has 222 valence electrons. The van der Waals surface area contributed by atoms with E-state index in [9.17, 15) is 0 Å². The van der Waals surface area contributed by atoms with E-state index in [2.05, 4.69) is 90.8 Å². The number of rotatable bonds is 19. The average Bonchev–Trinajstić information content (AvgIpc) is 2.81. The number of ether oxygens (including phenoxy) is 3. The summed E-state index contributed by atoms with van der Waals surface area (Å²) in [4.78, 5) is 2.38. The van der Waals surface area contributed by atoms with Gasteiger partial charge in [-0.1, -0.05) is 33.8 Å². The molecule has 0 saturated carbocycles. The van der Waals surface area contributed by atoms with Gasteiger partial charge in [-0.15, -0.1) is 0 Å². The SMILES string of the molecule is CC[Si](C)(C)OCc1cc(CO[Si](C)(C)C(C)(C)C)cc(N(CCOCCOCCOC)CC(C)(C)S)c1. The van der Waals surface area contributed by atoms with Crippen molar-refractivity contribution in [3.8, 4) is 0 Å². The molecule has 0 N–H and O–H groups in total. The van der Waals surface area contributed by atoms with Gasteiger partial charge in [-0.25, -0.2) is 0 Å². The number of nitrogens with zero attached hydrogens (tertiary/aromatic N) is 1. The topological polar surface area (TPSA) is 49.4 Å². The Balaban J connectivity index is 3.11. The molecule has 0 aliphatic heterocycles. The lowest BCUT2D eigenvalue weighted by atomic mass is 10.1. The molecule has 9 heteroatoms. The molecule has 1 aromatic carbocycles. The predicted octanol–water partition coefficient (Wildman–Crippen LogP) is 7.14. The Labute approximate surface area is 241 Å². The molecule has 0 aliphatic carbocycles. The van der Waals surface area contributed by atoms with E-state index >= 15 is 0 Å². The molecule has 0 amide bonds. The minimum Gasteiger partial charge on any atom is -0.413 e. The second-order valence-corrected chi connectivity index (χ2v) is 23.4. The van der Waals surface area contributed by atoms with Gasteiger partial charge in [0.2, 0.25) is 0 Å². The van der Waals surface area contributed by atoms with Crippen molar-refractivity contribution < 1.29 is 23.1 Å². The molecule has 0 saturated heterocycles. The van der Waals surface area contributed by atoms with Gasteiger partial charge in [-0.2, -0.15) is 12.6 Å². The fraction of sp³-hybridized carbons (Fsp3) is 0.793. The van der Waals surface area contributed by atoms with Crippen molar-refractivity contribution in [3.05, 3.63) is 29.3 Å². The van der Waals surface area contributed by atoms with Crippen molar-refractivity contribution in [2.24, 2.45) is 0 Å².